The van der Waals surface area contributed by atoms with Gasteiger partial charge < -0.3 is 4.74 Å². The summed E-state index contributed by atoms with van der Waals surface area (Å²) in [6.07, 6.45) is 6.93. The van der Waals surface area contributed by atoms with Crippen LogP contribution in [0.2, 0.25) is 0 Å². The molecule has 2 saturated carbocycles. The second kappa shape index (κ2) is 3.75. The molecule has 1 saturated heterocycles. The minimum Gasteiger partial charge on any atom is -0.375 e. The third-order valence-corrected chi connectivity index (χ3v) is 6.82. The molecule has 2 aliphatic carbocycles. The molecule has 5 atom stereocenters. The van der Waals surface area contributed by atoms with E-state index in [9.17, 15) is 0 Å². The van der Waals surface area contributed by atoms with Crippen molar-refractivity contribution < 1.29 is 4.74 Å². The van der Waals surface area contributed by atoms with Crippen LogP contribution in [0.15, 0.2) is 0 Å². The quantitative estimate of drug-likeness (QED) is 0.608. The highest BCUT2D eigenvalue weighted by molar-refractivity contribution is 5.11. The molecular weight excluding hydrogens is 220 g/mol. The molecule has 0 unspecified atom stereocenters. The van der Waals surface area contributed by atoms with E-state index >= 15 is 0 Å². The van der Waals surface area contributed by atoms with Crippen molar-refractivity contribution in [1.29, 1.82) is 0 Å². The molecule has 18 heavy (non-hydrogen) atoms. The summed E-state index contributed by atoms with van der Waals surface area (Å²) < 4.78 is 6.24. The van der Waals surface area contributed by atoms with Crippen molar-refractivity contribution in [3.05, 3.63) is 0 Å². The molecule has 0 amide bonds. The van der Waals surface area contributed by atoms with Crippen LogP contribution in [-0.4, -0.2) is 12.2 Å². The number of rotatable bonds is 0. The van der Waals surface area contributed by atoms with Crippen LogP contribution < -0.4 is 0 Å². The van der Waals surface area contributed by atoms with Crippen molar-refractivity contribution in [2.24, 2.45) is 28.6 Å². The van der Waals surface area contributed by atoms with Crippen LogP contribution in [0.5, 0.6) is 0 Å². The molecule has 1 heterocycles. The summed E-state index contributed by atoms with van der Waals surface area (Å²) in [5.74, 6) is 2.43. The zero-order chi connectivity index (χ0) is 13.2. The minimum atomic E-state index is 0.179. The van der Waals surface area contributed by atoms with Crippen molar-refractivity contribution in [2.75, 3.05) is 6.61 Å². The highest BCUT2D eigenvalue weighted by Crippen LogP contribution is 2.65. The van der Waals surface area contributed by atoms with Gasteiger partial charge in [-0.2, -0.15) is 0 Å². The molecule has 1 aliphatic heterocycles. The smallest absolute Gasteiger partial charge is 0.0691 e. The van der Waals surface area contributed by atoms with Gasteiger partial charge >= 0.3 is 0 Å². The first-order chi connectivity index (χ1) is 8.30. The van der Waals surface area contributed by atoms with Gasteiger partial charge in [0.1, 0.15) is 0 Å². The minimum absolute atomic E-state index is 0.179. The van der Waals surface area contributed by atoms with Gasteiger partial charge in [-0.3, -0.25) is 0 Å². The lowest BCUT2D eigenvalue weighted by Crippen LogP contribution is -2.57. The first-order valence-corrected chi connectivity index (χ1v) is 7.94. The van der Waals surface area contributed by atoms with Crippen molar-refractivity contribution in [3.8, 4) is 0 Å². The maximum Gasteiger partial charge on any atom is 0.0691 e. The Hall–Kier alpha value is -0.0400. The van der Waals surface area contributed by atoms with Gasteiger partial charge in [0.25, 0.3) is 0 Å². The SMILES string of the molecule is C[C@H]1CO[C@]2(C)CC[C@H]3C(C)(C)CCC[C@]3(C)[C@@H]12. The molecule has 0 spiro atoms. The predicted octanol–water partition coefficient (Wildman–Crippen LogP) is 4.65. The molecule has 0 radical (unpaired) electrons. The first-order valence-electron chi connectivity index (χ1n) is 7.94. The molecule has 3 rings (SSSR count). The number of hydrogen-bond acceptors (Lipinski definition) is 1. The van der Waals surface area contributed by atoms with E-state index in [2.05, 4.69) is 34.6 Å². The Balaban J connectivity index is 2.01. The Morgan fingerprint density at radius 1 is 1.00 bits per heavy atom. The fraction of sp³-hybridized carbons (Fsp3) is 1.00. The maximum atomic E-state index is 6.24. The molecule has 0 N–H and O–H groups in total. The topological polar surface area (TPSA) is 9.23 Å². The van der Waals surface area contributed by atoms with Gasteiger partial charge in [0.2, 0.25) is 0 Å². The van der Waals surface area contributed by atoms with Crippen molar-refractivity contribution in [2.45, 2.75) is 72.3 Å². The predicted molar refractivity (Wildman–Crippen MR) is 75.5 cm³/mol. The Bertz CT molecular complexity index is 348. The zero-order valence-corrected chi connectivity index (χ0v) is 12.9. The largest absolute Gasteiger partial charge is 0.375 e. The lowest BCUT2D eigenvalue weighted by atomic mass is 9.44. The van der Waals surface area contributed by atoms with Gasteiger partial charge in [0, 0.05) is 0 Å². The standard InChI is InChI=1S/C17H30O/c1-12-11-18-17(5)10-7-13-15(2,3)8-6-9-16(13,4)14(12)17/h12-14H,6-11H2,1-5H3/t12-,13-,14+,16-,17+/m0/s1. The monoisotopic (exact) mass is 250 g/mol. The first kappa shape index (κ1) is 13.0. The van der Waals surface area contributed by atoms with Crippen LogP contribution in [0, 0.1) is 28.6 Å². The molecule has 3 fully saturated rings. The second-order valence-electron chi connectivity index (χ2n) is 8.52. The van der Waals surface area contributed by atoms with Crippen LogP contribution in [0.4, 0.5) is 0 Å². The fourth-order valence-corrected chi connectivity index (χ4v) is 6.37. The van der Waals surface area contributed by atoms with Gasteiger partial charge in [-0.1, -0.05) is 34.1 Å². The lowest BCUT2D eigenvalue weighted by molar-refractivity contribution is -0.151. The van der Waals surface area contributed by atoms with Crippen molar-refractivity contribution in [1.82, 2.24) is 0 Å². The van der Waals surface area contributed by atoms with Crippen LogP contribution in [0.1, 0.15) is 66.7 Å². The lowest BCUT2D eigenvalue weighted by Gasteiger charge is -2.61. The van der Waals surface area contributed by atoms with E-state index in [-0.39, 0.29) is 5.60 Å². The van der Waals surface area contributed by atoms with E-state index in [1.807, 2.05) is 0 Å². The third-order valence-electron chi connectivity index (χ3n) is 6.82. The molecule has 0 aromatic carbocycles. The number of hydrogen-bond donors (Lipinski definition) is 0. The van der Waals surface area contributed by atoms with Gasteiger partial charge in [0.15, 0.2) is 0 Å². The van der Waals surface area contributed by atoms with Crippen LogP contribution in [0.3, 0.4) is 0 Å². The normalized spacial score (nSPS) is 54.8. The van der Waals surface area contributed by atoms with Crippen molar-refractivity contribution >= 4 is 0 Å². The van der Waals surface area contributed by atoms with Gasteiger partial charge in [-0.25, -0.2) is 0 Å². The van der Waals surface area contributed by atoms with Crippen LogP contribution in [0.25, 0.3) is 0 Å². The Kier molecular flexibility index (Phi) is 2.70. The Morgan fingerprint density at radius 2 is 1.72 bits per heavy atom. The summed E-state index contributed by atoms with van der Waals surface area (Å²) in [7, 11) is 0. The summed E-state index contributed by atoms with van der Waals surface area (Å²) in [4.78, 5) is 0. The number of fused-ring (bicyclic) bond motifs is 3. The molecule has 1 nitrogen and oxygen atoms in total. The zero-order valence-electron chi connectivity index (χ0n) is 12.9. The van der Waals surface area contributed by atoms with Gasteiger partial charge in [-0.05, 0) is 61.2 Å². The van der Waals surface area contributed by atoms with Gasteiger partial charge in [-0.15, -0.1) is 0 Å². The van der Waals surface area contributed by atoms with Crippen LogP contribution >= 0.6 is 0 Å². The van der Waals surface area contributed by atoms with Crippen LogP contribution in [-0.2, 0) is 4.74 Å². The van der Waals surface area contributed by atoms with Gasteiger partial charge in [0.05, 0.1) is 12.2 Å². The molecule has 1 heteroatoms. The van der Waals surface area contributed by atoms with Crippen molar-refractivity contribution in [3.63, 3.8) is 0 Å². The average molecular weight is 250 g/mol. The van der Waals surface area contributed by atoms with E-state index in [0.717, 1.165) is 24.4 Å². The molecular formula is C17H30O. The van der Waals surface area contributed by atoms with E-state index in [1.165, 1.54) is 32.1 Å². The number of ether oxygens (including phenoxy) is 1. The highest BCUT2D eigenvalue weighted by atomic mass is 16.5. The third kappa shape index (κ3) is 1.55. The summed E-state index contributed by atoms with van der Waals surface area (Å²) >= 11 is 0. The Morgan fingerprint density at radius 3 is 2.44 bits per heavy atom. The highest BCUT2D eigenvalue weighted by Gasteiger charge is 2.62. The van der Waals surface area contributed by atoms with E-state index in [0.29, 0.717) is 10.8 Å². The summed E-state index contributed by atoms with van der Waals surface area (Å²) in [6, 6.07) is 0. The summed E-state index contributed by atoms with van der Waals surface area (Å²) in [5.41, 5.74) is 1.24. The molecule has 3 aliphatic rings. The molecule has 0 aromatic rings. The summed E-state index contributed by atoms with van der Waals surface area (Å²) in [6.45, 7) is 13.4. The van der Waals surface area contributed by atoms with E-state index in [4.69, 9.17) is 4.74 Å². The maximum absolute atomic E-state index is 6.24. The van der Waals surface area contributed by atoms with E-state index < -0.39 is 0 Å². The molecule has 0 aromatic heterocycles. The fourth-order valence-electron chi connectivity index (χ4n) is 6.37. The molecule has 0 bridgehead atoms. The second-order valence-corrected chi connectivity index (χ2v) is 8.52. The average Bonchev–Trinajstić information content (AvgIpc) is 2.54. The summed E-state index contributed by atoms with van der Waals surface area (Å²) in [5, 5.41) is 0. The Labute approximate surface area is 113 Å². The molecule has 104 valence electrons. The van der Waals surface area contributed by atoms with E-state index in [1.54, 1.807) is 0 Å².